The summed E-state index contributed by atoms with van der Waals surface area (Å²) < 4.78 is 37.4. The lowest BCUT2D eigenvalue weighted by Crippen LogP contribution is -2.45. The fourth-order valence-electron chi connectivity index (χ4n) is 1.75. The Hall–Kier alpha value is -2.38. The molecule has 1 aromatic carbocycles. The molecule has 128 valence electrons. The number of carbonyl (C=O) groups is 2. The Morgan fingerprint density at radius 1 is 1.26 bits per heavy atom. The molecule has 2 N–H and O–H groups in total. The molecule has 0 aromatic heterocycles. The number of halogens is 2. The average molecular weight is 331 g/mol. The first-order chi connectivity index (χ1) is 10.5. The van der Waals surface area contributed by atoms with Crippen LogP contribution in [0.4, 0.5) is 13.6 Å². The van der Waals surface area contributed by atoms with E-state index in [9.17, 15) is 18.4 Å². The number of amides is 1. The molecule has 0 radical (unpaired) electrons. The van der Waals surface area contributed by atoms with E-state index in [0.29, 0.717) is 0 Å². The lowest BCUT2D eigenvalue weighted by atomic mass is 10.0. The maximum absolute atomic E-state index is 13.9. The van der Waals surface area contributed by atoms with Gasteiger partial charge in [0, 0.05) is 24.1 Å². The van der Waals surface area contributed by atoms with Crippen molar-refractivity contribution in [2.75, 3.05) is 7.11 Å². The monoisotopic (exact) mass is 331 g/mol. The van der Waals surface area contributed by atoms with Crippen LogP contribution in [0.5, 0.6) is 5.75 Å². The number of carbonyl (C=O) groups excluding carboxylic acids is 1. The van der Waals surface area contributed by atoms with Crippen LogP contribution in [-0.2, 0) is 16.0 Å². The highest BCUT2D eigenvalue weighted by atomic mass is 19.1. The van der Waals surface area contributed by atoms with Crippen molar-refractivity contribution >= 4 is 12.1 Å². The molecular formula is C15H19F2NO5. The molecule has 6 nitrogen and oxygen atoms in total. The second-order valence-electron chi connectivity index (χ2n) is 5.81. The summed E-state index contributed by atoms with van der Waals surface area (Å²) in [4.78, 5) is 22.8. The lowest BCUT2D eigenvalue weighted by molar-refractivity contribution is -0.139. The van der Waals surface area contributed by atoms with Gasteiger partial charge < -0.3 is 19.9 Å². The molecule has 1 amide bonds. The van der Waals surface area contributed by atoms with Crippen LogP contribution in [-0.4, -0.2) is 35.9 Å². The predicted molar refractivity (Wildman–Crippen MR) is 77.4 cm³/mol. The number of alkyl carbamates (subject to hydrolysis) is 1. The highest BCUT2D eigenvalue weighted by Crippen LogP contribution is 2.22. The maximum atomic E-state index is 13.9. The summed E-state index contributed by atoms with van der Waals surface area (Å²) in [5.41, 5.74) is -1.29. The van der Waals surface area contributed by atoms with Crippen LogP contribution >= 0.6 is 0 Å². The molecule has 1 atom stereocenters. The highest BCUT2D eigenvalue weighted by Gasteiger charge is 2.26. The van der Waals surface area contributed by atoms with Crippen molar-refractivity contribution in [3.05, 3.63) is 29.3 Å². The SMILES string of the molecule is COc1cc(F)c(CC(NC(=O)OC(C)(C)C)C(=O)O)c(F)c1. The summed E-state index contributed by atoms with van der Waals surface area (Å²) in [5, 5.41) is 11.2. The quantitative estimate of drug-likeness (QED) is 0.866. The smallest absolute Gasteiger partial charge is 0.408 e. The third kappa shape index (κ3) is 5.72. The molecule has 0 aliphatic heterocycles. The van der Waals surface area contributed by atoms with Gasteiger partial charge in [0.2, 0.25) is 0 Å². The molecular weight excluding hydrogens is 312 g/mol. The summed E-state index contributed by atoms with van der Waals surface area (Å²) >= 11 is 0. The summed E-state index contributed by atoms with van der Waals surface area (Å²) in [6.07, 6.45) is -1.56. The second-order valence-corrected chi connectivity index (χ2v) is 5.81. The average Bonchev–Trinajstić information content (AvgIpc) is 2.38. The van der Waals surface area contributed by atoms with Crippen LogP contribution < -0.4 is 10.1 Å². The van der Waals surface area contributed by atoms with Crippen LogP contribution in [0.15, 0.2) is 12.1 Å². The Labute approximate surface area is 132 Å². The van der Waals surface area contributed by atoms with Gasteiger partial charge in [0.1, 0.15) is 29.0 Å². The minimum absolute atomic E-state index is 0.0317. The molecule has 0 bridgehead atoms. The number of aliphatic carboxylic acids is 1. The van der Waals surface area contributed by atoms with Gasteiger partial charge in [-0.2, -0.15) is 0 Å². The first kappa shape index (κ1) is 18.7. The first-order valence-electron chi connectivity index (χ1n) is 6.77. The van der Waals surface area contributed by atoms with Crippen LogP contribution in [0.1, 0.15) is 26.3 Å². The molecule has 1 rings (SSSR count). The lowest BCUT2D eigenvalue weighted by Gasteiger charge is -2.22. The van der Waals surface area contributed by atoms with Crippen LogP contribution in [0, 0.1) is 11.6 Å². The van der Waals surface area contributed by atoms with Crippen LogP contribution in [0.3, 0.4) is 0 Å². The van der Waals surface area contributed by atoms with Gasteiger partial charge >= 0.3 is 12.1 Å². The number of carboxylic acids is 1. The number of methoxy groups -OCH3 is 1. The van der Waals surface area contributed by atoms with E-state index in [1.165, 1.54) is 7.11 Å². The van der Waals surface area contributed by atoms with E-state index in [-0.39, 0.29) is 5.75 Å². The number of hydrogen-bond acceptors (Lipinski definition) is 4. The minimum atomic E-state index is -1.54. The first-order valence-corrected chi connectivity index (χ1v) is 6.77. The van der Waals surface area contributed by atoms with E-state index in [4.69, 9.17) is 14.6 Å². The van der Waals surface area contributed by atoms with Crippen molar-refractivity contribution < 1.29 is 33.0 Å². The Morgan fingerprint density at radius 3 is 2.17 bits per heavy atom. The van der Waals surface area contributed by atoms with Crippen LogP contribution in [0.25, 0.3) is 0 Å². The summed E-state index contributed by atoms with van der Waals surface area (Å²) in [6, 6.07) is 0.331. The molecule has 0 heterocycles. The fourth-order valence-corrected chi connectivity index (χ4v) is 1.75. The zero-order valence-electron chi connectivity index (χ0n) is 13.3. The van der Waals surface area contributed by atoms with Gasteiger partial charge in [0.15, 0.2) is 0 Å². The molecule has 1 aromatic rings. The third-order valence-electron chi connectivity index (χ3n) is 2.75. The van der Waals surface area contributed by atoms with E-state index in [1.54, 1.807) is 20.8 Å². The molecule has 0 aliphatic carbocycles. The van der Waals surface area contributed by atoms with Gasteiger partial charge in [-0.05, 0) is 20.8 Å². The zero-order chi connectivity index (χ0) is 17.8. The highest BCUT2D eigenvalue weighted by molar-refractivity contribution is 5.80. The van der Waals surface area contributed by atoms with Gasteiger partial charge in [-0.1, -0.05) is 0 Å². The Morgan fingerprint density at radius 2 is 1.78 bits per heavy atom. The Kier molecular flexibility index (Phi) is 5.89. The number of benzene rings is 1. The van der Waals surface area contributed by atoms with Crippen molar-refractivity contribution in [2.45, 2.75) is 38.8 Å². The number of ether oxygens (including phenoxy) is 2. The van der Waals surface area contributed by atoms with Gasteiger partial charge in [-0.3, -0.25) is 0 Å². The minimum Gasteiger partial charge on any atom is -0.497 e. The number of hydrogen-bond donors (Lipinski definition) is 2. The van der Waals surface area contributed by atoms with Crippen molar-refractivity contribution in [2.24, 2.45) is 0 Å². The topological polar surface area (TPSA) is 84.9 Å². The van der Waals surface area contributed by atoms with E-state index < -0.39 is 47.3 Å². The Balaban J connectivity index is 2.93. The molecule has 0 saturated carbocycles. The van der Waals surface area contributed by atoms with Crippen molar-refractivity contribution in [1.82, 2.24) is 5.32 Å². The van der Waals surface area contributed by atoms with Gasteiger partial charge in [0.05, 0.1) is 7.11 Å². The Bertz CT molecular complexity index is 575. The molecule has 23 heavy (non-hydrogen) atoms. The van der Waals surface area contributed by atoms with Crippen molar-refractivity contribution in [3.8, 4) is 5.75 Å². The standard InChI is InChI=1S/C15H19F2NO5/c1-15(2,3)23-14(21)18-12(13(19)20)7-9-10(16)5-8(22-4)6-11(9)17/h5-6,12H,7H2,1-4H3,(H,18,21)(H,19,20). The summed E-state index contributed by atoms with van der Waals surface area (Å²) in [7, 11) is 1.25. The zero-order valence-corrected chi connectivity index (χ0v) is 13.3. The molecule has 0 saturated heterocycles. The number of carboxylic acid groups (broad SMARTS) is 1. The molecule has 8 heteroatoms. The maximum Gasteiger partial charge on any atom is 0.408 e. The van der Waals surface area contributed by atoms with E-state index in [0.717, 1.165) is 12.1 Å². The van der Waals surface area contributed by atoms with E-state index in [2.05, 4.69) is 5.32 Å². The normalized spacial score (nSPS) is 12.4. The van der Waals surface area contributed by atoms with E-state index >= 15 is 0 Å². The van der Waals surface area contributed by atoms with Gasteiger partial charge in [0.25, 0.3) is 0 Å². The number of nitrogens with one attached hydrogen (secondary N) is 1. The summed E-state index contributed by atoms with van der Waals surface area (Å²) in [6.45, 7) is 4.81. The van der Waals surface area contributed by atoms with Crippen molar-refractivity contribution in [1.29, 1.82) is 0 Å². The predicted octanol–water partition coefficient (Wildman–Crippen LogP) is 2.49. The molecule has 1 unspecified atom stereocenters. The largest absolute Gasteiger partial charge is 0.497 e. The second kappa shape index (κ2) is 7.26. The molecule has 0 spiro atoms. The van der Waals surface area contributed by atoms with Crippen LogP contribution in [0.2, 0.25) is 0 Å². The molecule has 0 aliphatic rings. The van der Waals surface area contributed by atoms with E-state index in [1.807, 2.05) is 0 Å². The third-order valence-corrected chi connectivity index (χ3v) is 2.75. The van der Waals surface area contributed by atoms with Gasteiger partial charge in [-0.15, -0.1) is 0 Å². The van der Waals surface area contributed by atoms with Crippen molar-refractivity contribution in [3.63, 3.8) is 0 Å². The molecule has 0 fully saturated rings. The fraction of sp³-hybridized carbons (Fsp3) is 0.467. The summed E-state index contributed by atoms with van der Waals surface area (Å²) in [5.74, 6) is -3.39. The number of rotatable bonds is 5. The van der Waals surface area contributed by atoms with Gasteiger partial charge in [-0.25, -0.2) is 18.4 Å².